The summed E-state index contributed by atoms with van der Waals surface area (Å²) in [7, 11) is 0. The van der Waals surface area contributed by atoms with Gasteiger partial charge in [-0.05, 0) is 49.1 Å². The minimum absolute atomic E-state index is 0.160. The molecule has 0 aliphatic carbocycles. The lowest BCUT2D eigenvalue weighted by molar-refractivity contribution is -0.137. The number of benzene rings is 2. The van der Waals surface area contributed by atoms with Crippen molar-refractivity contribution in [2.24, 2.45) is 0 Å². The topological polar surface area (TPSA) is 90.9 Å². The largest absolute Gasteiger partial charge is 0.491 e. The van der Waals surface area contributed by atoms with Crippen molar-refractivity contribution in [3.05, 3.63) is 65.7 Å². The van der Waals surface area contributed by atoms with Crippen LogP contribution in [-0.2, 0) is 11.0 Å². The molecule has 0 saturated carbocycles. The van der Waals surface area contributed by atoms with Crippen LogP contribution < -0.4 is 15.4 Å². The van der Waals surface area contributed by atoms with Gasteiger partial charge < -0.3 is 25.4 Å². The number of carbonyl (C=O) groups excluding carboxylic acids is 2. The fourth-order valence-electron chi connectivity index (χ4n) is 3.61. The zero-order valence-electron chi connectivity index (χ0n) is 18.6. The monoisotopic (exact) mass is 479 g/mol. The number of nitrogens with zero attached hydrogens (tertiary/aromatic N) is 1. The Morgan fingerprint density at radius 1 is 1.00 bits per heavy atom. The Kier molecular flexibility index (Phi) is 8.75. The molecule has 2 aromatic carbocycles. The number of rotatable bonds is 8. The molecule has 0 bridgehead atoms. The van der Waals surface area contributed by atoms with E-state index in [1.54, 1.807) is 29.2 Å². The molecule has 2 unspecified atom stereocenters. The van der Waals surface area contributed by atoms with Crippen molar-refractivity contribution in [3.8, 4) is 5.75 Å². The summed E-state index contributed by atoms with van der Waals surface area (Å²) in [4.78, 5) is 27.3. The van der Waals surface area contributed by atoms with Gasteiger partial charge in [0, 0.05) is 19.6 Å². The van der Waals surface area contributed by atoms with E-state index in [0.29, 0.717) is 18.7 Å². The van der Waals surface area contributed by atoms with Crippen LogP contribution in [-0.4, -0.2) is 54.3 Å². The van der Waals surface area contributed by atoms with Crippen molar-refractivity contribution in [3.63, 3.8) is 0 Å². The number of halogens is 3. The number of alkyl halides is 3. The summed E-state index contributed by atoms with van der Waals surface area (Å²) in [6.07, 6.45) is -2.64. The van der Waals surface area contributed by atoms with Crippen LogP contribution in [0.2, 0.25) is 0 Å². The summed E-state index contributed by atoms with van der Waals surface area (Å²) >= 11 is 0. The molecule has 1 heterocycles. The smallest absolute Gasteiger partial charge is 0.416 e. The fourth-order valence-corrected chi connectivity index (χ4v) is 3.61. The number of urea groups is 1. The summed E-state index contributed by atoms with van der Waals surface area (Å²) in [5.41, 5.74) is -0.148. The number of aliphatic hydroxyl groups excluding tert-OH is 1. The first-order valence-corrected chi connectivity index (χ1v) is 11.1. The number of hydrogen-bond acceptors (Lipinski definition) is 4. The Labute approximate surface area is 195 Å². The molecule has 0 aromatic heterocycles. The van der Waals surface area contributed by atoms with Gasteiger partial charge in [0.25, 0.3) is 0 Å². The zero-order valence-corrected chi connectivity index (χ0v) is 18.6. The maximum atomic E-state index is 13.1. The third-order valence-corrected chi connectivity index (χ3v) is 5.45. The van der Waals surface area contributed by atoms with E-state index in [9.17, 15) is 27.9 Å². The average Bonchev–Trinajstić information content (AvgIpc) is 2.85. The standard InChI is InChI=1S/C24H28F3N3O4/c25-24(26,27)18-9-11-20(12-10-18)34-16-19(31)15-28-23(33)29-21(17-7-3-1-4-8-17)22(32)30-13-5-2-6-14-30/h1,3-4,7-12,19,21,31H,2,5-6,13-16H2,(H2,28,29,33). The summed E-state index contributed by atoms with van der Waals surface area (Å²) < 4.78 is 43.1. The van der Waals surface area contributed by atoms with Crippen molar-refractivity contribution < 1.29 is 32.6 Å². The molecule has 1 saturated heterocycles. The lowest BCUT2D eigenvalue weighted by Crippen LogP contribution is -2.48. The Morgan fingerprint density at radius 3 is 2.26 bits per heavy atom. The van der Waals surface area contributed by atoms with Gasteiger partial charge in [0.05, 0.1) is 5.56 Å². The third kappa shape index (κ3) is 7.38. The van der Waals surface area contributed by atoms with Gasteiger partial charge in [-0.15, -0.1) is 0 Å². The van der Waals surface area contributed by atoms with Crippen molar-refractivity contribution in [2.75, 3.05) is 26.2 Å². The molecule has 3 amide bonds. The number of piperidine rings is 1. The molecule has 34 heavy (non-hydrogen) atoms. The molecule has 2 atom stereocenters. The maximum Gasteiger partial charge on any atom is 0.416 e. The Balaban J connectivity index is 1.50. The van der Waals surface area contributed by atoms with Crippen molar-refractivity contribution in [1.29, 1.82) is 0 Å². The van der Waals surface area contributed by atoms with E-state index in [4.69, 9.17) is 4.74 Å². The molecule has 2 aromatic rings. The van der Waals surface area contributed by atoms with Gasteiger partial charge in [0.15, 0.2) is 0 Å². The summed E-state index contributed by atoms with van der Waals surface area (Å²) in [5.74, 6) is -0.0278. The number of aliphatic hydroxyl groups is 1. The molecule has 1 fully saturated rings. The molecule has 3 N–H and O–H groups in total. The zero-order chi connectivity index (χ0) is 24.6. The van der Waals surface area contributed by atoms with Crippen LogP contribution in [0.25, 0.3) is 0 Å². The van der Waals surface area contributed by atoms with Crippen LogP contribution in [0.1, 0.15) is 36.4 Å². The lowest BCUT2D eigenvalue weighted by Gasteiger charge is -2.31. The van der Waals surface area contributed by atoms with Gasteiger partial charge in [0.1, 0.15) is 24.5 Å². The molecule has 184 valence electrons. The Hall–Kier alpha value is -3.27. The van der Waals surface area contributed by atoms with E-state index in [2.05, 4.69) is 10.6 Å². The molecular formula is C24H28F3N3O4. The Bertz CT molecular complexity index is 933. The number of nitrogens with one attached hydrogen (secondary N) is 2. The molecule has 7 nitrogen and oxygen atoms in total. The molecule has 10 heteroatoms. The van der Waals surface area contributed by atoms with E-state index >= 15 is 0 Å². The van der Waals surface area contributed by atoms with E-state index in [1.807, 2.05) is 6.07 Å². The first-order chi connectivity index (χ1) is 16.2. The molecule has 1 aliphatic heterocycles. The highest BCUT2D eigenvalue weighted by atomic mass is 19.4. The highest BCUT2D eigenvalue weighted by Gasteiger charge is 2.30. The Morgan fingerprint density at radius 2 is 1.65 bits per heavy atom. The van der Waals surface area contributed by atoms with Gasteiger partial charge >= 0.3 is 12.2 Å². The second-order valence-corrected chi connectivity index (χ2v) is 8.07. The number of amides is 3. The van der Waals surface area contributed by atoms with Crippen LogP contribution >= 0.6 is 0 Å². The predicted octanol–water partition coefficient (Wildman–Crippen LogP) is 3.50. The SMILES string of the molecule is O=C(NCC(O)COc1ccc(C(F)(F)F)cc1)NC(C(=O)N1CCCCC1)c1ccccc1. The summed E-state index contributed by atoms with van der Waals surface area (Å²) in [6, 6.07) is 11.5. The first kappa shape index (κ1) is 25.4. The van der Waals surface area contributed by atoms with Crippen LogP contribution in [0.5, 0.6) is 5.75 Å². The third-order valence-electron chi connectivity index (χ3n) is 5.45. The minimum Gasteiger partial charge on any atom is -0.491 e. The molecular weight excluding hydrogens is 451 g/mol. The van der Waals surface area contributed by atoms with Gasteiger partial charge in [0.2, 0.25) is 5.91 Å². The fraction of sp³-hybridized carbons (Fsp3) is 0.417. The van der Waals surface area contributed by atoms with E-state index in [0.717, 1.165) is 43.5 Å². The van der Waals surface area contributed by atoms with Crippen molar-refractivity contribution in [1.82, 2.24) is 15.5 Å². The summed E-state index contributed by atoms with van der Waals surface area (Å²) in [6.45, 7) is 0.878. The van der Waals surface area contributed by atoms with Crippen LogP contribution in [0.15, 0.2) is 54.6 Å². The van der Waals surface area contributed by atoms with Gasteiger partial charge in [-0.1, -0.05) is 30.3 Å². The van der Waals surface area contributed by atoms with E-state index in [-0.39, 0.29) is 24.8 Å². The molecule has 1 aliphatic rings. The normalized spacial score (nSPS) is 15.8. The lowest BCUT2D eigenvalue weighted by atomic mass is 10.0. The highest BCUT2D eigenvalue weighted by molar-refractivity contribution is 5.88. The predicted molar refractivity (Wildman–Crippen MR) is 119 cm³/mol. The van der Waals surface area contributed by atoms with Crippen molar-refractivity contribution >= 4 is 11.9 Å². The second kappa shape index (κ2) is 11.7. The highest BCUT2D eigenvalue weighted by Crippen LogP contribution is 2.30. The van der Waals surface area contributed by atoms with Crippen LogP contribution in [0.4, 0.5) is 18.0 Å². The summed E-state index contributed by atoms with van der Waals surface area (Å²) in [5, 5.41) is 15.3. The minimum atomic E-state index is -4.44. The van der Waals surface area contributed by atoms with Gasteiger partial charge in [-0.2, -0.15) is 13.2 Å². The maximum absolute atomic E-state index is 13.1. The molecule has 3 rings (SSSR count). The average molecular weight is 479 g/mol. The molecule has 0 radical (unpaired) electrons. The first-order valence-electron chi connectivity index (χ1n) is 11.1. The van der Waals surface area contributed by atoms with Crippen LogP contribution in [0.3, 0.4) is 0 Å². The number of hydrogen-bond donors (Lipinski definition) is 3. The molecule has 0 spiro atoms. The quantitative estimate of drug-likeness (QED) is 0.541. The van der Waals surface area contributed by atoms with E-state index in [1.165, 1.54) is 0 Å². The van der Waals surface area contributed by atoms with Crippen LogP contribution in [0, 0.1) is 0 Å². The number of ether oxygens (including phenoxy) is 1. The van der Waals surface area contributed by atoms with Gasteiger partial charge in [-0.25, -0.2) is 4.79 Å². The van der Waals surface area contributed by atoms with Crippen molar-refractivity contribution in [2.45, 2.75) is 37.6 Å². The van der Waals surface area contributed by atoms with Gasteiger partial charge in [-0.3, -0.25) is 4.79 Å². The number of likely N-dealkylation sites (tertiary alicyclic amines) is 1. The van der Waals surface area contributed by atoms with E-state index < -0.39 is 29.9 Å². The second-order valence-electron chi connectivity index (χ2n) is 8.07. The number of carbonyl (C=O) groups is 2.